The first-order chi connectivity index (χ1) is 29.3. The van der Waals surface area contributed by atoms with Gasteiger partial charge in [-0.15, -0.1) is 5.10 Å². The Morgan fingerprint density at radius 2 is 1.43 bits per heavy atom. The molecular formula is C44H58N8O9. The topological polar surface area (TPSA) is 168 Å². The maximum Gasteiger partial charge on any atom is 0.410 e. The van der Waals surface area contributed by atoms with Crippen LogP contribution in [0.25, 0.3) is 5.65 Å². The number of anilines is 2. The Morgan fingerprint density at radius 1 is 0.820 bits per heavy atom. The third kappa shape index (κ3) is 10.4. The number of amides is 1. The van der Waals surface area contributed by atoms with E-state index in [-0.39, 0.29) is 18.2 Å². The fourth-order valence-corrected chi connectivity index (χ4v) is 7.13. The van der Waals surface area contributed by atoms with Crippen molar-refractivity contribution in [3.05, 3.63) is 77.2 Å². The van der Waals surface area contributed by atoms with Gasteiger partial charge in [0.25, 0.3) is 0 Å². The van der Waals surface area contributed by atoms with E-state index in [0.29, 0.717) is 96.6 Å². The summed E-state index contributed by atoms with van der Waals surface area (Å²) in [6.45, 7) is 12.2. The van der Waals surface area contributed by atoms with E-state index in [4.69, 9.17) is 53.2 Å². The molecule has 5 aromatic rings. The van der Waals surface area contributed by atoms with Gasteiger partial charge in [-0.05, 0) is 64.4 Å². The molecule has 4 heterocycles. The van der Waals surface area contributed by atoms with Crippen molar-refractivity contribution in [1.82, 2.24) is 29.5 Å². The number of ether oxygens (including phenoxy) is 7. The van der Waals surface area contributed by atoms with Crippen molar-refractivity contribution in [1.29, 1.82) is 0 Å². The Hall–Kier alpha value is -6.23. The minimum Gasteiger partial charge on any atom is -0.497 e. The molecule has 0 aliphatic carbocycles. The number of carbonyl (C=O) groups is 1. The molecule has 1 amide bonds. The number of imidazole rings is 1. The van der Waals surface area contributed by atoms with E-state index in [1.807, 2.05) is 69.0 Å². The molecular weight excluding hydrogens is 785 g/mol. The summed E-state index contributed by atoms with van der Waals surface area (Å²) >= 11 is 0. The molecule has 1 aliphatic rings. The fraction of sp³-hybridized carbons (Fsp3) is 0.477. The van der Waals surface area contributed by atoms with Gasteiger partial charge in [-0.2, -0.15) is 4.98 Å². The smallest absolute Gasteiger partial charge is 0.410 e. The lowest BCUT2D eigenvalue weighted by Gasteiger charge is -2.36. The van der Waals surface area contributed by atoms with Gasteiger partial charge in [0.1, 0.15) is 34.7 Å². The van der Waals surface area contributed by atoms with Crippen LogP contribution < -0.4 is 38.2 Å². The molecule has 0 spiro atoms. The van der Waals surface area contributed by atoms with Gasteiger partial charge in [0.15, 0.2) is 23.0 Å². The number of carbonyl (C=O) groups excluding carboxylic acids is 1. The highest BCUT2D eigenvalue weighted by atomic mass is 16.6. The van der Waals surface area contributed by atoms with Gasteiger partial charge in [0.05, 0.1) is 53.5 Å². The zero-order valence-corrected chi connectivity index (χ0v) is 36.8. The first-order valence-corrected chi connectivity index (χ1v) is 20.3. The van der Waals surface area contributed by atoms with Crippen LogP contribution in [0.3, 0.4) is 0 Å². The van der Waals surface area contributed by atoms with E-state index >= 15 is 0 Å². The van der Waals surface area contributed by atoms with Crippen LogP contribution in [0.1, 0.15) is 75.9 Å². The maximum absolute atomic E-state index is 12.7. The van der Waals surface area contributed by atoms with Gasteiger partial charge in [0, 0.05) is 74.3 Å². The first kappa shape index (κ1) is 44.3. The highest BCUT2D eigenvalue weighted by Gasteiger charge is 2.30. The Kier molecular flexibility index (Phi) is 14.1. The molecule has 328 valence electrons. The Balaban J connectivity index is 1.40. The minimum absolute atomic E-state index is 0.111. The molecule has 1 unspecified atom stereocenters. The highest BCUT2D eigenvalue weighted by Crippen LogP contribution is 2.36. The Morgan fingerprint density at radius 3 is 1.97 bits per heavy atom. The summed E-state index contributed by atoms with van der Waals surface area (Å²) < 4.78 is 41.9. The largest absolute Gasteiger partial charge is 0.497 e. The van der Waals surface area contributed by atoms with Gasteiger partial charge in [0.2, 0.25) is 0 Å². The molecule has 2 aromatic carbocycles. The molecule has 1 saturated heterocycles. The Labute approximate surface area is 357 Å². The molecule has 0 bridgehead atoms. The summed E-state index contributed by atoms with van der Waals surface area (Å²) in [5, 5.41) is 16.9. The number of aliphatic hydroxyl groups excluding tert-OH is 1. The van der Waals surface area contributed by atoms with Crippen molar-refractivity contribution in [3.8, 4) is 34.8 Å². The third-order valence-corrected chi connectivity index (χ3v) is 10.3. The number of hydrogen-bond acceptors (Lipinski definition) is 15. The van der Waals surface area contributed by atoms with Crippen LogP contribution in [-0.4, -0.2) is 114 Å². The van der Waals surface area contributed by atoms with Gasteiger partial charge in [-0.25, -0.2) is 19.3 Å². The lowest BCUT2D eigenvalue weighted by atomic mass is 10.1. The van der Waals surface area contributed by atoms with Crippen LogP contribution in [0.15, 0.2) is 54.9 Å². The van der Waals surface area contributed by atoms with Crippen molar-refractivity contribution >= 4 is 23.4 Å². The quantitative estimate of drug-likeness (QED) is 0.108. The number of benzene rings is 2. The zero-order valence-electron chi connectivity index (χ0n) is 36.8. The number of aromatic nitrogens is 5. The number of methoxy groups -OCH3 is 5. The van der Waals surface area contributed by atoms with Gasteiger partial charge >= 0.3 is 12.1 Å². The predicted octanol–water partition coefficient (Wildman–Crippen LogP) is 6.48. The number of piperazine rings is 1. The van der Waals surface area contributed by atoms with Gasteiger partial charge < -0.3 is 53.0 Å². The molecule has 3 aromatic heterocycles. The van der Waals surface area contributed by atoms with E-state index in [0.717, 1.165) is 24.0 Å². The highest BCUT2D eigenvalue weighted by molar-refractivity contribution is 5.69. The van der Waals surface area contributed by atoms with E-state index < -0.39 is 11.7 Å². The van der Waals surface area contributed by atoms with Crippen LogP contribution in [0.4, 0.5) is 16.4 Å². The SMILES string of the molecule is CCC[C@H](C)Oc1nc(N(Cc2ccc(OC)cc2OC)Cc2ccc(OC)cc2OC)c2ncc(C(O)c3cnc(N4CCN(C(=O)OC(C)(C)C)CC4)c(OC)c3)n2n1. The predicted molar refractivity (Wildman–Crippen MR) is 230 cm³/mol. The molecule has 0 radical (unpaired) electrons. The molecule has 17 nitrogen and oxygen atoms in total. The number of hydrogen-bond donors (Lipinski definition) is 1. The van der Waals surface area contributed by atoms with Crippen LogP contribution in [0, 0.1) is 0 Å². The lowest BCUT2D eigenvalue weighted by Crippen LogP contribution is -2.50. The van der Waals surface area contributed by atoms with Crippen LogP contribution in [0.2, 0.25) is 0 Å². The zero-order chi connectivity index (χ0) is 43.8. The second-order valence-corrected chi connectivity index (χ2v) is 15.7. The second-order valence-electron chi connectivity index (χ2n) is 15.7. The third-order valence-electron chi connectivity index (χ3n) is 10.3. The van der Waals surface area contributed by atoms with Crippen molar-refractivity contribution in [2.24, 2.45) is 0 Å². The van der Waals surface area contributed by atoms with Crippen molar-refractivity contribution in [2.75, 3.05) is 71.5 Å². The van der Waals surface area contributed by atoms with E-state index in [9.17, 15) is 9.90 Å². The normalized spacial score (nSPS) is 14.0. The maximum atomic E-state index is 12.7. The second kappa shape index (κ2) is 19.4. The summed E-state index contributed by atoms with van der Waals surface area (Å²) in [7, 11) is 8.01. The van der Waals surface area contributed by atoms with E-state index in [2.05, 4.69) is 11.8 Å². The van der Waals surface area contributed by atoms with Gasteiger partial charge in [-0.3, -0.25) is 0 Å². The van der Waals surface area contributed by atoms with Crippen molar-refractivity contribution < 1.29 is 43.1 Å². The Bertz CT molecular complexity index is 2210. The fourth-order valence-electron chi connectivity index (χ4n) is 7.13. The minimum atomic E-state index is -1.23. The summed E-state index contributed by atoms with van der Waals surface area (Å²) in [6.07, 6.45) is 3.10. The molecule has 1 aliphatic heterocycles. The molecule has 1 fully saturated rings. The average Bonchev–Trinajstić information content (AvgIpc) is 3.69. The summed E-state index contributed by atoms with van der Waals surface area (Å²) in [4.78, 5) is 33.0. The van der Waals surface area contributed by atoms with Crippen LogP contribution >= 0.6 is 0 Å². The van der Waals surface area contributed by atoms with Crippen molar-refractivity contribution in [3.63, 3.8) is 0 Å². The first-order valence-electron chi connectivity index (χ1n) is 20.3. The van der Waals surface area contributed by atoms with Gasteiger partial charge in [-0.1, -0.05) is 13.3 Å². The number of fused-ring (bicyclic) bond motifs is 1. The number of aliphatic hydroxyl groups is 1. The number of pyridine rings is 1. The summed E-state index contributed by atoms with van der Waals surface area (Å²) in [5.74, 6) is 4.07. The van der Waals surface area contributed by atoms with E-state index in [1.54, 1.807) is 63.4 Å². The molecule has 61 heavy (non-hydrogen) atoms. The number of nitrogens with zero attached hydrogens (tertiary/aromatic N) is 8. The average molecular weight is 843 g/mol. The van der Waals surface area contributed by atoms with E-state index in [1.165, 1.54) is 0 Å². The standard InChI is InChI=1S/C44H58N8O9/c1-11-12-28(2)60-42-47-41(51(26-29-13-15-32(55-6)22-35(29)57-8)27-30-14-16-33(56-7)23-36(30)58-9)40-46-25-34(52(40)48-42)38(53)31-21-37(59-10)39(45-24-31)49-17-19-50(20-18-49)43(54)61-44(3,4)5/h13-16,21-25,28,38,53H,11-12,17-20,26-27H2,1-10H3/t28-,38?/m0/s1. The molecule has 2 atom stereocenters. The molecule has 6 rings (SSSR count). The lowest BCUT2D eigenvalue weighted by molar-refractivity contribution is 0.0240. The van der Waals surface area contributed by atoms with Crippen molar-refractivity contribution in [2.45, 2.75) is 78.4 Å². The molecule has 0 saturated carbocycles. The molecule has 17 heteroatoms. The summed E-state index contributed by atoms with van der Waals surface area (Å²) in [5.41, 5.74) is 2.32. The summed E-state index contributed by atoms with van der Waals surface area (Å²) in [6, 6.07) is 13.2. The van der Waals surface area contributed by atoms with Crippen LogP contribution in [0.5, 0.6) is 34.8 Å². The number of rotatable bonds is 17. The van der Waals surface area contributed by atoms with Crippen LogP contribution in [-0.2, 0) is 17.8 Å². The monoisotopic (exact) mass is 842 g/mol. The molecule has 1 N–H and O–H groups in total.